The van der Waals surface area contributed by atoms with Gasteiger partial charge in [0.2, 0.25) is 0 Å². The third-order valence-corrected chi connectivity index (χ3v) is 3.46. The van der Waals surface area contributed by atoms with E-state index in [1.165, 1.54) is 5.56 Å². The van der Waals surface area contributed by atoms with Gasteiger partial charge in [-0.05, 0) is 51.8 Å². The monoisotopic (exact) mass is 366 g/mol. The van der Waals surface area contributed by atoms with Crippen LogP contribution >= 0.6 is 28.1 Å². The minimum Gasteiger partial charge on any atom is -0.362 e. The summed E-state index contributed by atoms with van der Waals surface area (Å²) >= 11 is 8.69. The predicted molar refractivity (Wildman–Crippen MR) is 94.5 cm³/mol. The second-order valence-electron chi connectivity index (χ2n) is 5.29. The molecule has 4 nitrogen and oxygen atoms in total. The first-order valence-corrected chi connectivity index (χ1v) is 8.05. The number of rotatable bonds is 5. The third-order valence-electron chi connectivity index (χ3n) is 2.80. The van der Waals surface area contributed by atoms with Crippen LogP contribution in [0.5, 0.6) is 0 Å². The Morgan fingerprint density at radius 3 is 2.90 bits per heavy atom. The molecule has 0 aliphatic carbocycles. The summed E-state index contributed by atoms with van der Waals surface area (Å²) in [5.74, 6) is 0.564. The van der Waals surface area contributed by atoms with Crippen LogP contribution in [-0.2, 0) is 6.54 Å². The normalized spacial score (nSPS) is 10.7. The molecule has 2 rings (SSSR count). The fourth-order valence-corrected chi connectivity index (χ4v) is 2.36. The Kier molecular flexibility index (Phi) is 5.76. The molecule has 0 atom stereocenters. The highest BCUT2D eigenvalue weighted by atomic mass is 79.9. The van der Waals surface area contributed by atoms with Gasteiger partial charge in [0, 0.05) is 18.4 Å². The first kappa shape index (κ1) is 16.0. The van der Waals surface area contributed by atoms with Crippen LogP contribution in [0.2, 0.25) is 0 Å². The summed E-state index contributed by atoms with van der Waals surface area (Å²) in [6, 6.07) is 8.18. The van der Waals surface area contributed by atoms with E-state index in [-0.39, 0.29) is 0 Å². The molecule has 0 aliphatic rings. The SMILES string of the molecule is CC(C)CNC(=S)Nc1cccc(Cn2cc(Br)cn2)c1. The largest absolute Gasteiger partial charge is 0.362 e. The third kappa shape index (κ3) is 5.47. The number of thiocarbonyl (C=S) groups is 1. The molecule has 0 amide bonds. The summed E-state index contributed by atoms with van der Waals surface area (Å²) in [7, 11) is 0. The van der Waals surface area contributed by atoms with Crippen molar-refractivity contribution < 1.29 is 0 Å². The van der Waals surface area contributed by atoms with Gasteiger partial charge in [0.15, 0.2) is 5.11 Å². The molecule has 0 saturated heterocycles. The Morgan fingerprint density at radius 1 is 1.43 bits per heavy atom. The van der Waals surface area contributed by atoms with Crippen molar-refractivity contribution in [2.75, 3.05) is 11.9 Å². The maximum atomic E-state index is 5.28. The van der Waals surface area contributed by atoms with Crippen molar-refractivity contribution >= 4 is 38.9 Å². The number of nitrogens with one attached hydrogen (secondary N) is 2. The average molecular weight is 367 g/mol. The van der Waals surface area contributed by atoms with E-state index in [9.17, 15) is 0 Å². The Bertz CT molecular complexity index is 609. The zero-order chi connectivity index (χ0) is 15.2. The zero-order valence-corrected chi connectivity index (χ0v) is 14.5. The van der Waals surface area contributed by atoms with Gasteiger partial charge in [-0.15, -0.1) is 0 Å². The van der Waals surface area contributed by atoms with Crippen molar-refractivity contribution in [2.24, 2.45) is 5.92 Å². The van der Waals surface area contributed by atoms with E-state index in [4.69, 9.17) is 12.2 Å². The van der Waals surface area contributed by atoms with Gasteiger partial charge in [0.05, 0.1) is 17.2 Å². The van der Waals surface area contributed by atoms with Gasteiger partial charge in [0.1, 0.15) is 0 Å². The van der Waals surface area contributed by atoms with E-state index in [1.54, 1.807) is 6.20 Å². The van der Waals surface area contributed by atoms with E-state index in [1.807, 2.05) is 23.0 Å². The average Bonchev–Trinajstić information content (AvgIpc) is 2.82. The molecule has 0 spiro atoms. The molecule has 0 fully saturated rings. The molecule has 0 bridgehead atoms. The number of halogens is 1. The van der Waals surface area contributed by atoms with Crippen LogP contribution < -0.4 is 10.6 Å². The van der Waals surface area contributed by atoms with Gasteiger partial charge < -0.3 is 10.6 Å². The van der Waals surface area contributed by atoms with Crippen LogP contribution in [0.1, 0.15) is 19.4 Å². The van der Waals surface area contributed by atoms with E-state index in [0.717, 1.165) is 23.2 Å². The minimum absolute atomic E-state index is 0.564. The molecule has 2 aromatic rings. The van der Waals surface area contributed by atoms with Crippen molar-refractivity contribution in [3.8, 4) is 0 Å². The lowest BCUT2D eigenvalue weighted by atomic mass is 10.2. The van der Waals surface area contributed by atoms with Crippen LogP contribution in [0, 0.1) is 5.92 Å². The van der Waals surface area contributed by atoms with Gasteiger partial charge in [-0.3, -0.25) is 4.68 Å². The van der Waals surface area contributed by atoms with Crippen LogP contribution in [0.25, 0.3) is 0 Å². The number of benzene rings is 1. The quantitative estimate of drug-likeness (QED) is 0.792. The molecule has 0 saturated carbocycles. The Balaban J connectivity index is 1.95. The van der Waals surface area contributed by atoms with Gasteiger partial charge in [-0.1, -0.05) is 26.0 Å². The molecule has 0 aliphatic heterocycles. The lowest BCUT2D eigenvalue weighted by Gasteiger charge is -2.13. The minimum atomic E-state index is 0.564. The summed E-state index contributed by atoms with van der Waals surface area (Å²) in [5, 5.41) is 11.3. The van der Waals surface area contributed by atoms with Crippen molar-refractivity contribution in [2.45, 2.75) is 20.4 Å². The van der Waals surface area contributed by atoms with Crippen molar-refractivity contribution in [1.29, 1.82) is 0 Å². The first-order valence-electron chi connectivity index (χ1n) is 6.84. The first-order chi connectivity index (χ1) is 10.0. The smallest absolute Gasteiger partial charge is 0.170 e. The molecule has 1 heterocycles. The van der Waals surface area contributed by atoms with Gasteiger partial charge >= 0.3 is 0 Å². The maximum Gasteiger partial charge on any atom is 0.170 e. The lowest BCUT2D eigenvalue weighted by Crippen LogP contribution is -2.31. The Labute approximate surface area is 139 Å². The zero-order valence-electron chi connectivity index (χ0n) is 12.1. The van der Waals surface area contributed by atoms with Crippen LogP contribution in [-0.4, -0.2) is 21.4 Å². The molecule has 112 valence electrons. The Morgan fingerprint density at radius 2 is 2.24 bits per heavy atom. The molecule has 21 heavy (non-hydrogen) atoms. The molecule has 2 N–H and O–H groups in total. The van der Waals surface area contributed by atoms with Gasteiger partial charge in [-0.25, -0.2) is 0 Å². The van der Waals surface area contributed by atoms with Gasteiger partial charge in [-0.2, -0.15) is 5.10 Å². The second-order valence-corrected chi connectivity index (χ2v) is 6.61. The topological polar surface area (TPSA) is 41.9 Å². The standard InChI is InChI=1S/C15H19BrN4S/c1-11(2)7-17-15(21)19-14-5-3-4-12(6-14)9-20-10-13(16)8-18-20/h3-6,8,10-11H,7,9H2,1-2H3,(H2,17,19,21). The van der Waals surface area contributed by atoms with E-state index < -0.39 is 0 Å². The molecular formula is C15H19BrN4S. The number of hydrogen-bond acceptors (Lipinski definition) is 2. The number of hydrogen-bond donors (Lipinski definition) is 2. The number of anilines is 1. The highest BCUT2D eigenvalue weighted by Gasteiger charge is 2.02. The van der Waals surface area contributed by atoms with Crippen molar-refractivity contribution in [3.05, 3.63) is 46.7 Å². The molecule has 1 aromatic carbocycles. The summed E-state index contributed by atoms with van der Waals surface area (Å²) in [4.78, 5) is 0. The summed E-state index contributed by atoms with van der Waals surface area (Å²) in [6.07, 6.45) is 3.74. The van der Waals surface area contributed by atoms with Crippen LogP contribution in [0.15, 0.2) is 41.1 Å². The maximum absolute atomic E-state index is 5.28. The summed E-state index contributed by atoms with van der Waals surface area (Å²) in [6.45, 7) is 5.90. The highest BCUT2D eigenvalue weighted by Crippen LogP contribution is 2.13. The molecular weight excluding hydrogens is 348 g/mol. The van der Waals surface area contributed by atoms with Crippen LogP contribution in [0.3, 0.4) is 0 Å². The van der Waals surface area contributed by atoms with Crippen LogP contribution in [0.4, 0.5) is 5.69 Å². The summed E-state index contributed by atoms with van der Waals surface area (Å²) < 4.78 is 2.87. The predicted octanol–water partition coefficient (Wildman–Crippen LogP) is 3.64. The fraction of sp³-hybridized carbons (Fsp3) is 0.333. The second kappa shape index (κ2) is 7.56. The molecule has 0 radical (unpaired) electrons. The van der Waals surface area contributed by atoms with Crippen molar-refractivity contribution in [1.82, 2.24) is 15.1 Å². The lowest BCUT2D eigenvalue weighted by molar-refractivity contribution is 0.627. The fourth-order valence-electron chi connectivity index (χ4n) is 1.83. The highest BCUT2D eigenvalue weighted by molar-refractivity contribution is 9.10. The van der Waals surface area contributed by atoms with E-state index in [0.29, 0.717) is 11.0 Å². The number of nitrogens with zero attached hydrogens (tertiary/aromatic N) is 2. The van der Waals surface area contributed by atoms with E-state index in [2.05, 4.69) is 57.6 Å². The van der Waals surface area contributed by atoms with Gasteiger partial charge in [0.25, 0.3) is 0 Å². The summed E-state index contributed by atoms with van der Waals surface area (Å²) in [5.41, 5.74) is 2.15. The van der Waals surface area contributed by atoms with Crippen molar-refractivity contribution in [3.63, 3.8) is 0 Å². The molecule has 1 aromatic heterocycles. The van der Waals surface area contributed by atoms with E-state index >= 15 is 0 Å². The molecule has 6 heteroatoms. The molecule has 0 unspecified atom stereocenters. The Hall–Kier alpha value is -1.40. The number of aromatic nitrogens is 2.